The Morgan fingerprint density at radius 1 is 1.15 bits per heavy atom. The molecule has 2 fully saturated rings. The molecule has 2 aliphatic rings. The van der Waals surface area contributed by atoms with Crippen LogP contribution in [0.5, 0.6) is 0 Å². The summed E-state index contributed by atoms with van der Waals surface area (Å²) in [5, 5.41) is 13.2. The summed E-state index contributed by atoms with van der Waals surface area (Å²) in [6.07, 6.45) is 5.31. The Balaban J connectivity index is 1.93. The number of nitrogens with zero attached hydrogens (tertiary/aromatic N) is 1. The summed E-state index contributed by atoms with van der Waals surface area (Å²) >= 11 is 3.42. The van der Waals surface area contributed by atoms with Crippen molar-refractivity contribution in [2.45, 2.75) is 64.8 Å². The van der Waals surface area contributed by atoms with Gasteiger partial charge in [0.15, 0.2) is 5.41 Å². The van der Waals surface area contributed by atoms with E-state index in [1.807, 2.05) is 45.0 Å². The molecule has 3 rings (SSSR count). The molecule has 0 aliphatic heterocycles. The number of amides is 1. The number of nitrogens with one attached hydrogen (secondary N) is 1. The minimum absolute atomic E-state index is 0.0178. The van der Waals surface area contributed by atoms with E-state index in [0.29, 0.717) is 0 Å². The summed E-state index contributed by atoms with van der Waals surface area (Å²) < 4.78 is 0.930. The van der Waals surface area contributed by atoms with Crippen LogP contribution >= 0.6 is 15.9 Å². The average molecular weight is 431 g/mol. The Morgan fingerprint density at radius 3 is 2.26 bits per heavy atom. The number of benzene rings is 1. The van der Waals surface area contributed by atoms with Gasteiger partial charge in [0.25, 0.3) is 0 Å². The van der Waals surface area contributed by atoms with Crippen molar-refractivity contribution in [3.8, 4) is 6.07 Å². The first-order chi connectivity index (χ1) is 12.7. The summed E-state index contributed by atoms with van der Waals surface area (Å²) in [5.41, 5.74) is -1.02. The molecule has 0 bridgehead atoms. The Bertz CT molecular complexity index is 769. The van der Waals surface area contributed by atoms with Crippen molar-refractivity contribution >= 4 is 27.6 Å². The van der Waals surface area contributed by atoms with E-state index in [1.54, 1.807) is 0 Å². The zero-order chi connectivity index (χ0) is 19.8. The van der Waals surface area contributed by atoms with Crippen LogP contribution in [0.25, 0.3) is 0 Å². The molecule has 2 aliphatic carbocycles. The average Bonchev–Trinajstić information content (AvgIpc) is 3.32. The maximum Gasteiger partial charge on any atom is 0.242 e. The third kappa shape index (κ3) is 3.69. The van der Waals surface area contributed by atoms with Crippen LogP contribution in [0.1, 0.15) is 64.4 Å². The van der Waals surface area contributed by atoms with Crippen LogP contribution in [0.4, 0.5) is 0 Å². The van der Waals surface area contributed by atoms with Gasteiger partial charge in [-0.3, -0.25) is 9.59 Å². The lowest BCUT2D eigenvalue weighted by Crippen LogP contribution is -2.42. The van der Waals surface area contributed by atoms with Gasteiger partial charge in [0.2, 0.25) is 5.91 Å². The molecular weight excluding hydrogens is 404 g/mol. The highest BCUT2D eigenvalue weighted by Crippen LogP contribution is 2.66. The normalized spacial score (nSPS) is 28.3. The summed E-state index contributed by atoms with van der Waals surface area (Å²) in [4.78, 5) is 26.3. The van der Waals surface area contributed by atoms with Crippen molar-refractivity contribution < 1.29 is 9.59 Å². The molecule has 0 saturated heterocycles. The molecule has 0 spiro atoms. The van der Waals surface area contributed by atoms with Crippen molar-refractivity contribution in [1.29, 1.82) is 5.26 Å². The van der Waals surface area contributed by atoms with Crippen molar-refractivity contribution in [2.24, 2.45) is 16.7 Å². The van der Waals surface area contributed by atoms with E-state index >= 15 is 0 Å². The second-order valence-corrected chi connectivity index (χ2v) is 9.83. The van der Waals surface area contributed by atoms with Gasteiger partial charge < -0.3 is 5.32 Å². The zero-order valence-electron chi connectivity index (χ0n) is 16.2. The van der Waals surface area contributed by atoms with Gasteiger partial charge in [-0.2, -0.15) is 5.26 Å². The molecule has 1 N–H and O–H groups in total. The van der Waals surface area contributed by atoms with E-state index < -0.39 is 16.7 Å². The molecule has 144 valence electrons. The SMILES string of the molecule is CC(C)(C)C(=O)C1C(c2ccc(Br)cc2)C1(C#N)C(=O)NC1CCCCC1. The summed E-state index contributed by atoms with van der Waals surface area (Å²) in [6, 6.07) is 9.99. The van der Waals surface area contributed by atoms with Crippen LogP contribution in [-0.4, -0.2) is 17.7 Å². The molecule has 5 heteroatoms. The molecule has 1 aromatic rings. The molecule has 0 heterocycles. The van der Waals surface area contributed by atoms with Crippen LogP contribution in [0.15, 0.2) is 28.7 Å². The second kappa shape index (κ2) is 7.39. The molecule has 1 aromatic carbocycles. The van der Waals surface area contributed by atoms with E-state index in [1.165, 1.54) is 6.42 Å². The highest BCUT2D eigenvalue weighted by Gasteiger charge is 2.74. The highest BCUT2D eigenvalue weighted by molar-refractivity contribution is 9.10. The molecule has 1 amide bonds. The van der Waals surface area contributed by atoms with E-state index in [4.69, 9.17) is 0 Å². The standard InChI is InChI=1S/C22H27BrN2O2/c1-21(2,3)19(26)18-17(14-9-11-15(23)12-10-14)22(18,13-24)20(27)25-16-7-5-4-6-8-16/h9-12,16-18H,4-8H2,1-3H3,(H,25,27). The maximum absolute atomic E-state index is 13.2. The Hall–Kier alpha value is -1.67. The van der Waals surface area contributed by atoms with Gasteiger partial charge in [0.1, 0.15) is 5.78 Å². The predicted molar refractivity (Wildman–Crippen MR) is 108 cm³/mol. The van der Waals surface area contributed by atoms with E-state index in [-0.39, 0.29) is 23.7 Å². The fourth-order valence-electron chi connectivity index (χ4n) is 4.36. The number of nitriles is 1. The van der Waals surface area contributed by atoms with Crippen molar-refractivity contribution in [2.75, 3.05) is 0 Å². The monoisotopic (exact) mass is 430 g/mol. The van der Waals surface area contributed by atoms with Crippen molar-refractivity contribution in [3.05, 3.63) is 34.3 Å². The van der Waals surface area contributed by atoms with E-state index in [0.717, 1.165) is 35.7 Å². The molecule has 0 radical (unpaired) electrons. The number of rotatable bonds is 4. The first-order valence-corrected chi connectivity index (χ1v) is 10.5. The quantitative estimate of drug-likeness (QED) is 0.749. The molecule has 3 atom stereocenters. The van der Waals surface area contributed by atoms with Crippen molar-refractivity contribution in [3.63, 3.8) is 0 Å². The Morgan fingerprint density at radius 2 is 1.74 bits per heavy atom. The zero-order valence-corrected chi connectivity index (χ0v) is 17.8. The van der Waals surface area contributed by atoms with Gasteiger partial charge in [-0.1, -0.05) is 68.1 Å². The van der Waals surface area contributed by atoms with Crippen LogP contribution in [-0.2, 0) is 9.59 Å². The maximum atomic E-state index is 13.2. The lowest BCUT2D eigenvalue weighted by atomic mass is 9.85. The number of ketones is 1. The van der Waals surface area contributed by atoms with Crippen LogP contribution in [0.2, 0.25) is 0 Å². The van der Waals surface area contributed by atoms with Gasteiger partial charge in [0.05, 0.1) is 12.0 Å². The van der Waals surface area contributed by atoms with Crippen LogP contribution in [0.3, 0.4) is 0 Å². The number of hydrogen-bond acceptors (Lipinski definition) is 3. The van der Waals surface area contributed by atoms with Gasteiger partial charge in [-0.25, -0.2) is 0 Å². The third-order valence-corrected chi connectivity index (χ3v) is 6.49. The van der Waals surface area contributed by atoms with Crippen LogP contribution < -0.4 is 5.32 Å². The minimum atomic E-state index is -1.30. The molecule has 4 nitrogen and oxygen atoms in total. The second-order valence-electron chi connectivity index (χ2n) is 8.91. The fraction of sp³-hybridized carbons (Fsp3) is 0.591. The van der Waals surface area contributed by atoms with Crippen LogP contribution in [0, 0.1) is 28.1 Å². The largest absolute Gasteiger partial charge is 0.352 e. The Kier molecular flexibility index (Phi) is 5.49. The summed E-state index contributed by atoms with van der Waals surface area (Å²) in [6.45, 7) is 5.56. The van der Waals surface area contributed by atoms with Gasteiger partial charge >= 0.3 is 0 Å². The van der Waals surface area contributed by atoms with Gasteiger partial charge in [-0.15, -0.1) is 0 Å². The van der Waals surface area contributed by atoms with Gasteiger partial charge in [0, 0.05) is 21.8 Å². The summed E-state index contributed by atoms with van der Waals surface area (Å²) in [5.74, 6) is -1.26. The van der Waals surface area contributed by atoms with Gasteiger partial charge in [-0.05, 0) is 30.5 Å². The smallest absolute Gasteiger partial charge is 0.242 e. The predicted octanol–water partition coefficient (Wildman–Crippen LogP) is 4.74. The lowest BCUT2D eigenvalue weighted by Gasteiger charge is -2.24. The van der Waals surface area contributed by atoms with E-state index in [9.17, 15) is 14.9 Å². The number of Topliss-reactive ketones (excluding diaryl/α,β-unsaturated/α-hetero) is 1. The molecule has 2 saturated carbocycles. The number of halogens is 1. The lowest BCUT2D eigenvalue weighted by molar-refractivity contribution is -0.132. The highest BCUT2D eigenvalue weighted by atomic mass is 79.9. The number of hydrogen-bond donors (Lipinski definition) is 1. The molecular formula is C22H27BrN2O2. The number of carbonyl (C=O) groups is 2. The Labute approximate surface area is 169 Å². The fourth-order valence-corrected chi connectivity index (χ4v) is 4.63. The minimum Gasteiger partial charge on any atom is -0.352 e. The third-order valence-electron chi connectivity index (χ3n) is 5.96. The molecule has 0 aromatic heterocycles. The molecule has 3 unspecified atom stereocenters. The topological polar surface area (TPSA) is 70.0 Å². The van der Waals surface area contributed by atoms with Crippen molar-refractivity contribution in [1.82, 2.24) is 5.32 Å². The molecule has 27 heavy (non-hydrogen) atoms. The first kappa shape index (κ1) is 20.1. The van der Waals surface area contributed by atoms with E-state index in [2.05, 4.69) is 27.3 Å². The number of carbonyl (C=O) groups excluding carboxylic acids is 2. The first-order valence-electron chi connectivity index (χ1n) is 9.74. The summed E-state index contributed by atoms with van der Waals surface area (Å²) in [7, 11) is 0.